The van der Waals surface area contributed by atoms with Crippen LogP contribution in [0.15, 0.2) is 12.4 Å². The second kappa shape index (κ2) is 5.28. The molecule has 2 atom stereocenters. The molecule has 0 amide bonds. The van der Waals surface area contributed by atoms with Crippen molar-refractivity contribution in [3.8, 4) is 0 Å². The summed E-state index contributed by atoms with van der Waals surface area (Å²) in [4.78, 5) is 0. The van der Waals surface area contributed by atoms with E-state index in [4.69, 9.17) is 0 Å². The molecule has 1 heterocycles. The van der Waals surface area contributed by atoms with Gasteiger partial charge in [0.2, 0.25) is 0 Å². The first-order chi connectivity index (χ1) is 9.92. The van der Waals surface area contributed by atoms with Crippen LogP contribution in [0.2, 0.25) is 0 Å². The van der Waals surface area contributed by atoms with Crippen LogP contribution in [-0.4, -0.2) is 33.1 Å². The van der Waals surface area contributed by atoms with Gasteiger partial charge in [0.25, 0.3) is 0 Å². The molecule has 2 N–H and O–H groups in total. The van der Waals surface area contributed by atoms with Crippen molar-refractivity contribution in [1.82, 2.24) is 15.1 Å². The summed E-state index contributed by atoms with van der Waals surface area (Å²) in [6.07, 6.45) is 3.01. The summed E-state index contributed by atoms with van der Waals surface area (Å²) in [5.74, 6) is 0. The highest BCUT2D eigenvalue weighted by Gasteiger charge is 2.41. The lowest BCUT2D eigenvalue weighted by Gasteiger charge is -2.40. The monoisotopic (exact) mass is 303 g/mol. The van der Waals surface area contributed by atoms with Gasteiger partial charge in [0, 0.05) is 17.8 Å². The SMILES string of the molecule is OCC1(NC2CC2)CCCC(n2cc(C(F)(F)F)cn2)C1. The average Bonchev–Trinajstić information content (AvgIpc) is 3.08. The summed E-state index contributed by atoms with van der Waals surface area (Å²) in [7, 11) is 0. The number of hydrogen-bond acceptors (Lipinski definition) is 3. The van der Waals surface area contributed by atoms with Crippen molar-refractivity contribution in [3.63, 3.8) is 0 Å². The largest absolute Gasteiger partial charge is 0.419 e. The van der Waals surface area contributed by atoms with Gasteiger partial charge >= 0.3 is 6.18 Å². The van der Waals surface area contributed by atoms with Gasteiger partial charge in [0.15, 0.2) is 0 Å². The zero-order chi connectivity index (χ0) is 15.1. The van der Waals surface area contributed by atoms with Gasteiger partial charge in [-0.25, -0.2) is 0 Å². The average molecular weight is 303 g/mol. The van der Waals surface area contributed by atoms with Crippen molar-refractivity contribution >= 4 is 0 Å². The summed E-state index contributed by atoms with van der Waals surface area (Å²) >= 11 is 0. The minimum Gasteiger partial charge on any atom is -0.394 e. The number of rotatable bonds is 4. The number of nitrogens with zero attached hydrogens (tertiary/aromatic N) is 2. The van der Waals surface area contributed by atoms with Crippen molar-refractivity contribution in [2.24, 2.45) is 0 Å². The quantitative estimate of drug-likeness (QED) is 0.898. The van der Waals surface area contributed by atoms with E-state index in [0.717, 1.165) is 44.5 Å². The standard InChI is InChI=1S/C14H20F3N3O/c15-14(16,17)10-7-18-20(8-10)12-2-1-5-13(6-12,9-21)19-11-3-4-11/h7-8,11-12,19,21H,1-6,9H2. The van der Waals surface area contributed by atoms with Crippen LogP contribution in [0, 0.1) is 0 Å². The van der Waals surface area contributed by atoms with E-state index in [2.05, 4.69) is 10.4 Å². The third kappa shape index (κ3) is 3.23. The second-order valence-corrected chi connectivity index (χ2v) is 6.31. The minimum absolute atomic E-state index is 0.0212. The highest BCUT2D eigenvalue weighted by molar-refractivity contribution is 5.10. The Hall–Kier alpha value is -1.08. The lowest BCUT2D eigenvalue weighted by Crippen LogP contribution is -2.52. The predicted octanol–water partition coefficient (Wildman–Crippen LogP) is 2.50. The van der Waals surface area contributed by atoms with Crippen LogP contribution in [0.25, 0.3) is 0 Å². The van der Waals surface area contributed by atoms with Gasteiger partial charge in [-0.15, -0.1) is 0 Å². The third-order valence-corrected chi connectivity index (χ3v) is 4.51. The van der Waals surface area contributed by atoms with E-state index in [-0.39, 0.29) is 18.2 Å². The molecule has 2 saturated carbocycles. The van der Waals surface area contributed by atoms with Crippen LogP contribution in [0.5, 0.6) is 0 Å². The molecule has 2 aliphatic rings. The highest BCUT2D eigenvalue weighted by atomic mass is 19.4. The minimum atomic E-state index is -4.35. The Labute approximate surface area is 121 Å². The molecule has 0 aliphatic heterocycles. The van der Waals surface area contributed by atoms with Crippen LogP contribution in [-0.2, 0) is 6.18 Å². The van der Waals surface area contributed by atoms with Crippen molar-refractivity contribution in [2.45, 2.75) is 62.3 Å². The molecule has 4 nitrogen and oxygen atoms in total. The molecule has 1 aromatic heterocycles. The van der Waals surface area contributed by atoms with Gasteiger partial charge in [-0.3, -0.25) is 4.68 Å². The molecule has 2 fully saturated rings. The molecular formula is C14H20F3N3O. The molecule has 0 radical (unpaired) electrons. The maximum absolute atomic E-state index is 12.7. The summed E-state index contributed by atoms with van der Waals surface area (Å²) in [6.45, 7) is 0.0212. The summed E-state index contributed by atoms with van der Waals surface area (Å²) in [5, 5.41) is 17.1. The predicted molar refractivity (Wildman–Crippen MR) is 70.7 cm³/mol. The molecule has 2 unspecified atom stereocenters. The molecule has 1 aromatic rings. The zero-order valence-electron chi connectivity index (χ0n) is 11.7. The number of aromatic nitrogens is 2. The first-order valence-corrected chi connectivity index (χ1v) is 7.42. The van der Waals surface area contributed by atoms with Crippen LogP contribution in [0.3, 0.4) is 0 Å². The van der Waals surface area contributed by atoms with Gasteiger partial charge < -0.3 is 10.4 Å². The highest BCUT2D eigenvalue weighted by Crippen LogP contribution is 2.38. The number of aliphatic hydroxyl groups is 1. The summed E-state index contributed by atoms with van der Waals surface area (Å²) < 4.78 is 39.4. The lowest BCUT2D eigenvalue weighted by molar-refractivity contribution is -0.137. The number of alkyl halides is 3. The molecule has 3 rings (SSSR count). The van der Waals surface area contributed by atoms with Crippen LogP contribution in [0.4, 0.5) is 13.2 Å². The smallest absolute Gasteiger partial charge is 0.394 e. The first kappa shape index (κ1) is 14.8. The van der Waals surface area contributed by atoms with Crippen molar-refractivity contribution < 1.29 is 18.3 Å². The first-order valence-electron chi connectivity index (χ1n) is 7.42. The van der Waals surface area contributed by atoms with Gasteiger partial charge in [0.05, 0.1) is 24.4 Å². The Kier molecular flexibility index (Phi) is 3.73. The number of hydrogen-bond donors (Lipinski definition) is 2. The Morgan fingerprint density at radius 2 is 2.14 bits per heavy atom. The van der Waals surface area contributed by atoms with E-state index in [1.54, 1.807) is 0 Å². The van der Waals surface area contributed by atoms with E-state index >= 15 is 0 Å². The number of nitrogens with one attached hydrogen (secondary N) is 1. The van der Waals surface area contributed by atoms with Crippen molar-refractivity contribution in [2.75, 3.05) is 6.61 Å². The van der Waals surface area contributed by atoms with E-state index in [1.807, 2.05) is 0 Å². The molecule has 118 valence electrons. The Morgan fingerprint density at radius 1 is 1.38 bits per heavy atom. The fraction of sp³-hybridized carbons (Fsp3) is 0.786. The number of halogens is 3. The Morgan fingerprint density at radius 3 is 2.71 bits per heavy atom. The third-order valence-electron chi connectivity index (χ3n) is 4.51. The molecule has 0 bridgehead atoms. The van der Waals surface area contributed by atoms with Crippen LogP contribution >= 0.6 is 0 Å². The maximum atomic E-state index is 12.7. The molecular weight excluding hydrogens is 283 g/mol. The van der Waals surface area contributed by atoms with Crippen LogP contribution < -0.4 is 5.32 Å². The van der Waals surface area contributed by atoms with E-state index in [1.165, 1.54) is 4.68 Å². The van der Waals surface area contributed by atoms with Gasteiger partial charge in [-0.05, 0) is 38.5 Å². The number of aliphatic hydroxyl groups excluding tert-OH is 1. The molecule has 2 aliphatic carbocycles. The molecule has 0 spiro atoms. The lowest BCUT2D eigenvalue weighted by atomic mass is 9.79. The molecule has 21 heavy (non-hydrogen) atoms. The normalized spacial score (nSPS) is 30.6. The van der Waals surface area contributed by atoms with Gasteiger partial charge in [-0.1, -0.05) is 0 Å². The topological polar surface area (TPSA) is 50.1 Å². The van der Waals surface area contributed by atoms with E-state index in [0.29, 0.717) is 12.5 Å². The zero-order valence-corrected chi connectivity index (χ0v) is 11.7. The van der Waals surface area contributed by atoms with Crippen molar-refractivity contribution in [3.05, 3.63) is 18.0 Å². The molecule has 0 aromatic carbocycles. The maximum Gasteiger partial charge on any atom is 0.419 e. The fourth-order valence-electron chi connectivity index (χ4n) is 3.22. The summed E-state index contributed by atoms with van der Waals surface area (Å²) in [6, 6.07) is 0.368. The Balaban J connectivity index is 1.74. The van der Waals surface area contributed by atoms with E-state index < -0.39 is 11.7 Å². The fourth-order valence-corrected chi connectivity index (χ4v) is 3.22. The molecule has 7 heteroatoms. The second-order valence-electron chi connectivity index (χ2n) is 6.31. The summed E-state index contributed by atoms with van der Waals surface area (Å²) in [5.41, 5.74) is -1.08. The van der Waals surface area contributed by atoms with E-state index in [9.17, 15) is 18.3 Å². The Bertz CT molecular complexity index is 498. The molecule has 0 saturated heterocycles. The van der Waals surface area contributed by atoms with Gasteiger partial charge in [-0.2, -0.15) is 18.3 Å². The van der Waals surface area contributed by atoms with Gasteiger partial charge in [0.1, 0.15) is 0 Å². The van der Waals surface area contributed by atoms with Crippen molar-refractivity contribution in [1.29, 1.82) is 0 Å². The van der Waals surface area contributed by atoms with Crippen LogP contribution in [0.1, 0.15) is 50.1 Å².